The molecule has 1 amide bonds. The van der Waals surface area contributed by atoms with Crippen molar-refractivity contribution in [2.45, 2.75) is 63.6 Å². The number of nitrogens with zero attached hydrogens (tertiary/aromatic N) is 2. The quantitative estimate of drug-likeness (QED) is 0.932. The summed E-state index contributed by atoms with van der Waals surface area (Å²) in [4.78, 5) is 19.0. The summed E-state index contributed by atoms with van der Waals surface area (Å²) < 4.78 is 0. The maximum Gasteiger partial charge on any atom is 0.273 e. The number of thiazole rings is 1. The molecule has 5 heteroatoms. The lowest BCUT2D eigenvalue weighted by Gasteiger charge is -2.35. The molecule has 3 rings (SSSR count). The minimum atomic E-state index is 0.0828. The van der Waals surface area contributed by atoms with Gasteiger partial charge in [0.15, 0.2) is 0 Å². The molecule has 110 valence electrons. The van der Waals surface area contributed by atoms with Crippen molar-refractivity contribution < 1.29 is 4.79 Å². The maximum atomic E-state index is 12.6. The number of piperidine rings is 1. The highest BCUT2D eigenvalue weighted by atomic mass is 32.1. The third-order valence-corrected chi connectivity index (χ3v) is 5.70. The third-order valence-electron chi connectivity index (χ3n) is 4.55. The van der Waals surface area contributed by atoms with Crippen LogP contribution >= 0.6 is 11.3 Å². The van der Waals surface area contributed by atoms with E-state index < -0.39 is 0 Å². The lowest BCUT2D eigenvalue weighted by molar-refractivity contribution is 0.0676. The van der Waals surface area contributed by atoms with E-state index in [1.807, 2.05) is 17.3 Å². The van der Waals surface area contributed by atoms with Crippen molar-refractivity contribution in [3.8, 4) is 0 Å². The Morgan fingerprint density at radius 2 is 2.05 bits per heavy atom. The molecule has 0 saturated carbocycles. The Morgan fingerprint density at radius 1 is 1.40 bits per heavy atom. The van der Waals surface area contributed by atoms with Crippen LogP contribution in [0.2, 0.25) is 0 Å². The number of nitrogens with one attached hydrogen (secondary N) is 1. The number of aromatic nitrogens is 1. The fraction of sp³-hybridized carbons (Fsp3) is 0.733. The van der Waals surface area contributed by atoms with Crippen LogP contribution in [0, 0.1) is 0 Å². The summed E-state index contributed by atoms with van der Waals surface area (Å²) in [5.74, 6) is 0.473. The second kappa shape index (κ2) is 5.45. The van der Waals surface area contributed by atoms with Gasteiger partial charge in [-0.25, -0.2) is 4.98 Å². The average molecular weight is 293 g/mol. The van der Waals surface area contributed by atoms with Crippen molar-refractivity contribution in [3.05, 3.63) is 16.1 Å². The zero-order valence-corrected chi connectivity index (χ0v) is 13.2. The monoisotopic (exact) mass is 293 g/mol. The van der Waals surface area contributed by atoms with Gasteiger partial charge in [0.25, 0.3) is 5.91 Å². The third kappa shape index (κ3) is 2.61. The van der Waals surface area contributed by atoms with Gasteiger partial charge in [-0.15, -0.1) is 11.3 Å². The van der Waals surface area contributed by atoms with Gasteiger partial charge in [-0.3, -0.25) is 4.79 Å². The molecule has 0 aromatic carbocycles. The Hall–Kier alpha value is -0.940. The first kappa shape index (κ1) is 14.0. The molecule has 0 radical (unpaired) electrons. The molecule has 0 aliphatic carbocycles. The number of rotatable bonds is 3. The predicted molar refractivity (Wildman–Crippen MR) is 81.3 cm³/mol. The van der Waals surface area contributed by atoms with Gasteiger partial charge in [-0.1, -0.05) is 13.8 Å². The van der Waals surface area contributed by atoms with Crippen molar-refractivity contribution in [2.75, 3.05) is 7.05 Å². The average Bonchev–Trinajstić information content (AvgIpc) is 3.04. The van der Waals surface area contributed by atoms with Crippen LogP contribution in [0.15, 0.2) is 5.38 Å². The number of fused-ring (bicyclic) bond motifs is 2. The smallest absolute Gasteiger partial charge is 0.273 e. The molecular formula is C15H23N3OS. The second-order valence-electron chi connectivity index (χ2n) is 6.40. The summed E-state index contributed by atoms with van der Waals surface area (Å²) in [5, 5.41) is 6.58. The first-order valence-corrected chi connectivity index (χ1v) is 8.41. The molecule has 2 aliphatic rings. The van der Waals surface area contributed by atoms with Crippen molar-refractivity contribution in [3.63, 3.8) is 0 Å². The first-order chi connectivity index (χ1) is 9.54. The predicted octanol–water partition coefficient (Wildman–Crippen LogP) is 2.62. The highest BCUT2D eigenvalue weighted by Gasteiger charge is 2.36. The molecule has 4 nitrogen and oxygen atoms in total. The molecule has 1 aromatic rings. The largest absolute Gasteiger partial charge is 0.337 e. The van der Waals surface area contributed by atoms with Gasteiger partial charge in [0, 0.05) is 36.5 Å². The normalized spacial score (nSPS) is 28.9. The fourth-order valence-electron chi connectivity index (χ4n) is 3.34. The summed E-state index contributed by atoms with van der Waals surface area (Å²) in [6.07, 6.45) is 4.69. The molecule has 20 heavy (non-hydrogen) atoms. The van der Waals surface area contributed by atoms with Crippen molar-refractivity contribution in [1.29, 1.82) is 0 Å². The lowest BCUT2D eigenvalue weighted by atomic mass is 9.98. The van der Waals surface area contributed by atoms with E-state index in [1.165, 1.54) is 12.8 Å². The molecule has 2 saturated heterocycles. The topological polar surface area (TPSA) is 45.2 Å². The molecule has 2 bridgehead atoms. The minimum absolute atomic E-state index is 0.0828. The van der Waals surface area contributed by atoms with Crippen LogP contribution in [0.3, 0.4) is 0 Å². The van der Waals surface area contributed by atoms with Crippen molar-refractivity contribution in [1.82, 2.24) is 15.2 Å². The van der Waals surface area contributed by atoms with E-state index in [0.29, 0.717) is 29.7 Å². The fourth-order valence-corrected chi connectivity index (χ4v) is 4.15. The highest BCUT2D eigenvalue weighted by Crippen LogP contribution is 2.30. The van der Waals surface area contributed by atoms with E-state index in [9.17, 15) is 4.79 Å². The van der Waals surface area contributed by atoms with E-state index in [1.54, 1.807) is 11.3 Å². The number of carbonyl (C=O) groups is 1. The molecule has 1 aromatic heterocycles. The minimum Gasteiger partial charge on any atom is -0.337 e. The van der Waals surface area contributed by atoms with E-state index in [4.69, 9.17) is 0 Å². The van der Waals surface area contributed by atoms with Crippen LogP contribution in [-0.2, 0) is 0 Å². The highest BCUT2D eigenvalue weighted by molar-refractivity contribution is 7.09. The Morgan fingerprint density at radius 3 is 2.60 bits per heavy atom. The Kier molecular flexibility index (Phi) is 3.82. The van der Waals surface area contributed by atoms with Crippen LogP contribution in [0.5, 0.6) is 0 Å². The molecule has 2 aliphatic heterocycles. The SMILES string of the molecule is CC(C)c1nc(C(=O)N(C)C2CC3CCC(C2)N3)cs1. The van der Waals surface area contributed by atoms with Gasteiger partial charge in [-0.2, -0.15) is 0 Å². The van der Waals surface area contributed by atoms with Crippen LogP contribution in [0.4, 0.5) is 0 Å². The van der Waals surface area contributed by atoms with Crippen LogP contribution in [-0.4, -0.2) is 41.0 Å². The van der Waals surface area contributed by atoms with E-state index >= 15 is 0 Å². The van der Waals surface area contributed by atoms with Crippen molar-refractivity contribution in [2.24, 2.45) is 0 Å². The van der Waals surface area contributed by atoms with Gasteiger partial charge in [0.05, 0.1) is 5.01 Å². The zero-order valence-electron chi connectivity index (χ0n) is 12.4. The number of carbonyl (C=O) groups excluding carboxylic acids is 1. The van der Waals surface area contributed by atoms with Crippen LogP contribution in [0.1, 0.15) is 60.9 Å². The summed E-state index contributed by atoms with van der Waals surface area (Å²) in [7, 11) is 1.94. The first-order valence-electron chi connectivity index (χ1n) is 7.53. The standard InChI is InChI=1S/C15H23N3OS/c1-9(2)14-17-13(8-20-14)15(19)18(3)12-6-10-4-5-11(7-12)16-10/h8-12,16H,4-7H2,1-3H3. The van der Waals surface area contributed by atoms with Gasteiger partial charge < -0.3 is 10.2 Å². The molecular weight excluding hydrogens is 270 g/mol. The summed E-state index contributed by atoms with van der Waals surface area (Å²) in [5.41, 5.74) is 0.618. The number of amides is 1. The molecule has 1 N–H and O–H groups in total. The van der Waals surface area contributed by atoms with Gasteiger partial charge >= 0.3 is 0 Å². The molecule has 2 unspecified atom stereocenters. The number of hydrogen-bond donors (Lipinski definition) is 1. The molecule has 3 heterocycles. The zero-order chi connectivity index (χ0) is 14.3. The van der Waals surface area contributed by atoms with Gasteiger partial charge in [-0.05, 0) is 25.7 Å². The molecule has 0 spiro atoms. The second-order valence-corrected chi connectivity index (χ2v) is 7.29. The molecule has 2 fully saturated rings. The van der Waals surface area contributed by atoms with Crippen LogP contribution < -0.4 is 5.32 Å². The summed E-state index contributed by atoms with van der Waals surface area (Å²) in [6, 6.07) is 1.58. The van der Waals surface area contributed by atoms with Gasteiger partial charge in [0.2, 0.25) is 0 Å². The Balaban J connectivity index is 1.69. The van der Waals surface area contributed by atoms with Crippen molar-refractivity contribution >= 4 is 17.2 Å². The summed E-state index contributed by atoms with van der Waals surface area (Å²) in [6.45, 7) is 4.22. The lowest BCUT2D eigenvalue weighted by Crippen LogP contribution is -2.48. The summed E-state index contributed by atoms with van der Waals surface area (Å²) >= 11 is 1.59. The Labute approximate surface area is 124 Å². The molecule has 2 atom stereocenters. The Bertz CT molecular complexity index is 487. The van der Waals surface area contributed by atoms with E-state index in [2.05, 4.69) is 24.1 Å². The number of hydrogen-bond acceptors (Lipinski definition) is 4. The van der Waals surface area contributed by atoms with Crippen LogP contribution in [0.25, 0.3) is 0 Å². The van der Waals surface area contributed by atoms with Gasteiger partial charge in [0.1, 0.15) is 5.69 Å². The van der Waals surface area contributed by atoms with E-state index in [-0.39, 0.29) is 5.91 Å². The van der Waals surface area contributed by atoms with E-state index in [0.717, 1.165) is 17.8 Å². The maximum absolute atomic E-state index is 12.6.